The van der Waals surface area contributed by atoms with Crippen molar-refractivity contribution in [3.8, 4) is 17.0 Å². The number of aromatic nitrogens is 1. The Morgan fingerprint density at radius 2 is 2.05 bits per heavy atom. The molecule has 0 amide bonds. The summed E-state index contributed by atoms with van der Waals surface area (Å²) in [7, 11) is 0. The summed E-state index contributed by atoms with van der Waals surface area (Å²) in [6.07, 6.45) is -2.66. The summed E-state index contributed by atoms with van der Waals surface area (Å²) in [5, 5.41) is -0.0912. The molecule has 2 aromatic rings. The van der Waals surface area contributed by atoms with Gasteiger partial charge in [-0.25, -0.2) is 8.78 Å². The Labute approximate surface area is 139 Å². The van der Waals surface area contributed by atoms with Crippen LogP contribution < -0.4 is 10.3 Å². The van der Waals surface area contributed by atoms with E-state index >= 15 is 0 Å². The Morgan fingerprint density at radius 3 is 2.64 bits per heavy atom. The average molecular weight is 393 g/mol. The van der Waals surface area contributed by atoms with E-state index in [1.807, 2.05) is 6.92 Å². The maximum atomic E-state index is 12.8. The fourth-order valence-electron chi connectivity index (χ4n) is 2.07. The summed E-state index contributed by atoms with van der Waals surface area (Å²) in [6.45, 7) is 1.67. The number of alkyl halides is 2. The maximum absolute atomic E-state index is 12.8. The van der Waals surface area contributed by atoms with Crippen molar-refractivity contribution in [1.29, 1.82) is 0 Å². The molecule has 1 heterocycles. The lowest BCUT2D eigenvalue weighted by atomic mass is 10.1. The van der Waals surface area contributed by atoms with Crippen LogP contribution in [0.3, 0.4) is 0 Å². The molecule has 118 valence electrons. The molecule has 0 aliphatic rings. The molecule has 0 saturated heterocycles. The molecule has 1 aromatic heterocycles. The number of rotatable bonds is 5. The molecule has 0 radical (unpaired) electrons. The van der Waals surface area contributed by atoms with Crippen LogP contribution in [0.25, 0.3) is 11.3 Å². The number of halogens is 4. The lowest BCUT2D eigenvalue weighted by molar-refractivity contribution is 0.126. The first-order valence-electron chi connectivity index (χ1n) is 6.54. The predicted molar refractivity (Wildman–Crippen MR) is 86.0 cm³/mol. The maximum Gasteiger partial charge on any atom is 0.269 e. The van der Waals surface area contributed by atoms with Gasteiger partial charge in [0, 0.05) is 10.0 Å². The van der Waals surface area contributed by atoms with Gasteiger partial charge < -0.3 is 9.30 Å². The molecule has 0 saturated carbocycles. The summed E-state index contributed by atoms with van der Waals surface area (Å²) in [5.74, 6) is 0.648. The molecular formula is C15H13BrClF2NO2. The van der Waals surface area contributed by atoms with Crippen LogP contribution in [0.15, 0.2) is 39.6 Å². The van der Waals surface area contributed by atoms with Crippen LogP contribution in [0.4, 0.5) is 8.78 Å². The molecule has 0 spiro atoms. The molecule has 0 N–H and O–H groups in total. The normalized spacial score (nSPS) is 11.0. The second kappa shape index (κ2) is 7.24. The molecule has 0 aliphatic carbocycles. The first kappa shape index (κ1) is 17.0. The van der Waals surface area contributed by atoms with Crippen molar-refractivity contribution in [1.82, 2.24) is 4.57 Å². The molecule has 7 heteroatoms. The molecule has 2 rings (SSSR count). The van der Waals surface area contributed by atoms with E-state index in [9.17, 15) is 13.6 Å². The summed E-state index contributed by atoms with van der Waals surface area (Å²) in [6, 6.07) is 8.11. The highest BCUT2D eigenvalue weighted by Gasteiger charge is 2.15. The number of ether oxygens (including phenoxy) is 1. The smallest absolute Gasteiger partial charge is 0.269 e. The topological polar surface area (TPSA) is 31.2 Å². The van der Waals surface area contributed by atoms with E-state index in [0.717, 1.165) is 4.57 Å². The minimum atomic E-state index is -2.66. The Morgan fingerprint density at radius 1 is 1.32 bits per heavy atom. The van der Waals surface area contributed by atoms with Gasteiger partial charge in [0.2, 0.25) is 0 Å². The van der Waals surface area contributed by atoms with Crippen molar-refractivity contribution in [2.45, 2.75) is 19.9 Å². The summed E-state index contributed by atoms with van der Waals surface area (Å²) >= 11 is 9.13. The Bertz CT molecular complexity index is 734. The summed E-state index contributed by atoms with van der Waals surface area (Å²) < 4.78 is 32.5. The van der Waals surface area contributed by atoms with Crippen LogP contribution in [0.2, 0.25) is 5.02 Å². The van der Waals surface area contributed by atoms with Crippen LogP contribution in [0, 0.1) is 0 Å². The number of hydrogen-bond acceptors (Lipinski definition) is 2. The SMILES string of the molecule is CCOc1ccc(-c2ccc(Cl)c(=O)n2CC(F)F)c(Br)c1. The van der Waals surface area contributed by atoms with Crippen LogP contribution >= 0.6 is 27.5 Å². The van der Waals surface area contributed by atoms with Gasteiger partial charge in [-0.3, -0.25) is 4.79 Å². The van der Waals surface area contributed by atoms with Gasteiger partial charge in [-0.1, -0.05) is 11.6 Å². The predicted octanol–water partition coefficient (Wildman–Crippen LogP) is 4.60. The second-order valence-corrected chi connectivity index (χ2v) is 5.71. The fourth-order valence-corrected chi connectivity index (χ4v) is 2.79. The highest BCUT2D eigenvalue weighted by atomic mass is 79.9. The first-order chi connectivity index (χ1) is 10.4. The van der Waals surface area contributed by atoms with Gasteiger partial charge in [0.1, 0.15) is 10.8 Å². The van der Waals surface area contributed by atoms with Gasteiger partial charge in [-0.15, -0.1) is 0 Å². The van der Waals surface area contributed by atoms with Crippen LogP contribution in [-0.2, 0) is 6.54 Å². The van der Waals surface area contributed by atoms with Crippen LogP contribution in [0.1, 0.15) is 6.92 Å². The van der Waals surface area contributed by atoms with Gasteiger partial charge in [-0.05, 0) is 53.2 Å². The third kappa shape index (κ3) is 3.67. The van der Waals surface area contributed by atoms with E-state index in [0.29, 0.717) is 28.1 Å². The van der Waals surface area contributed by atoms with Crippen molar-refractivity contribution < 1.29 is 13.5 Å². The minimum absolute atomic E-state index is 0.0912. The lowest BCUT2D eigenvalue weighted by Crippen LogP contribution is -2.25. The Balaban J connectivity index is 2.57. The van der Waals surface area contributed by atoms with Crippen molar-refractivity contribution in [2.24, 2.45) is 0 Å². The molecule has 1 aromatic carbocycles. The lowest BCUT2D eigenvalue weighted by Gasteiger charge is -2.15. The van der Waals surface area contributed by atoms with E-state index < -0.39 is 18.5 Å². The van der Waals surface area contributed by atoms with E-state index in [1.54, 1.807) is 24.3 Å². The van der Waals surface area contributed by atoms with E-state index in [-0.39, 0.29) is 5.02 Å². The molecule has 0 bridgehead atoms. The minimum Gasteiger partial charge on any atom is -0.494 e. The zero-order chi connectivity index (χ0) is 16.3. The average Bonchev–Trinajstić information content (AvgIpc) is 2.45. The quantitative estimate of drug-likeness (QED) is 0.745. The number of benzene rings is 1. The molecule has 0 atom stereocenters. The van der Waals surface area contributed by atoms with Crippen molar-refractivity contribution >= 4 is 27.5 Å². The van der Waals surface area contributed by atoms with E-state index in [1.165, 1.54) is 6.07 Å². The van der Waals surface area contributed by atoms with E-state index in [4.69, 9.17) is 16.3 Å². The number of hydrogen-bond donors (Lipinski definition) is 0. The van der Waals surface area contributed by atoms with Gasteiger partial charge in [0.15, 0.2) is 0 Å². The van der Waals surface area contributed by atoms with Gasteiger partial charge in [0.05, 0.1) is 18.8 Å². The van der Waals surface area contributed by atoms with Crippen LogP contribution in [0.5, 0.6) is 5.75 Å². The van der Waals surface area contributed by atoms with Gasteiger partial charge in [0.25, 0.3) is 12.0 Å². The molecule has 3 nitrogen and oxygen atoms in total. The van der Waals surface area contributed by atoms with E-state index in [2.05, 4.69) is 15.9 Å². The molecule has 0 aliphatic heterocycles. The molecule has 22 heavy (non-hydrogen) atoms. The number of nitrogens with zero attached hydrogens (tertiary/aromatic N) is 1. The largest absolute Gasteiger partial charge is 0.494 e. The Hall–Kier alpha value is -1.40. The molecular weight excluding hydrogens is 380 g/mol. The van der Waals surface area contributed by atoms with Gasteiger partial charge >= 0.3 is 0 Å². The standard InChI is InChI=1S/C15H13BrClF2NO2/c1-2-22-9-3-4-10(11(16)7-9)13-6-5-12(17)15(21)20(13)8-14(18)19/h3-7,14H,2,8H2,1H3. The van der Waals surface area contributed by atoms with Crippen molar-refractivity contribution in [3.63, 3.8) is 0 Å². The summed E-state index contributed by atoms with van der Waals surface area (Å²) in [4.78, 5) is 12.0. The Kier molecular flexibility index (Phi) is 5.58. The first-order valence-corrected chi connectivity index (χ1v) is 7.71. The van der Waals surface area contributed by atoms with Crippen molar-refractivity contribution in [3.05, 3.63) is 50.2 Å². The summed E-state index contributed by atoms with van der Waals surface area (Å²) in [5.41, 5.74) is 0.336. The van der Waals surface area contributed by atoms with Crippen molar-refractivity contribution in [2.75, 3.05) is 6.61 Å². The third-order valence-electron chi connectivity index (χ3n) is 2.98. The van der Waals surface area contributed by atoms with Crippen LogP contribution in [-0.4, -0.2) is 17.6 Å². The molecule has 0 fully saturated rings. The third-order valence-corrected chi connectivity index (χ3v) is 3.92. The zero-order valence-electron chi connectivity index (χ0n) is 11.7. The number of pyridine rings is 1. The second-order valence-electron chi connectivity index (χ2n) is 4.45. The highest BCUT2D eigenvalue weighted by molar-refractivity contribution is 9.10. The van der Waals surface area contributed by atoms with Gasteiger partial charge in [-0.2, -0.15) is 0 Å². The zero-order valence-corrected chi connectivity index (χ0v) is 14.0. The highest BCUT2D eigenvalue weighted by Crippen LogP contribution is 2.31. The fraction of sp³-hybridized carbons (Fsp3) is 0.267. The monoisotopic (exact) mass is 391 g/mol. The molecule has 0 unspecified atom stereocenters.